The summed E-state index contributed by atoms with van der Waals surface area (Å²) in [4.78, 5) is 13.5. The fraction of sp³-hybridized carbons (Fsp3) is 0.256. The van der Waals surface area contributed by atoms with Crippen molar-refractivity contribution < 1.29 is 57.8 Å². The third-order valence-corrected chi connectivity index (χ3v) is 8.21. The third-order valence-electron chi connectivity index (χ3n) is 8.21. The minimum Gasteiger partial charge on any atom is -0.449 e. The molecule has 52 heavy (non-hydrogen) atoms. The minimum atomic E-state index is -5.37. The summed E-state index contributed by atoms with van der Waals surface area (Å²) in [6.07, 6.45) is -9.47. The van der Waals surface area contributed by atoms with Gasteiger partial charge >= 0.3 is 18.3 Å². The maximum atomic E-state index is 15.0. The second-order valence-corrected chi connectivity index (χ2v) is 12.0. The predicted molar refractivity (Wildman–Crippen MR) is 173 cm³/mol. The van der Waals surface area contributed by atoms with Gasteiger partial charge in [0.1, 0.15) is 5.82 Å². The van der Waals surface area contributed by atoms with Crippen molar-refractivity contribution in [3.05, 3.63) is 154 Å². The molecular formula is C39H31F11O2. The van der Waals surface area contributed by atoms with Crippen LogP contribution < -0.4 is 0 Å². The largest absolute Gasteiger partial charge is 0.449 e. The first-order valence-corrected chi connectivity index (χ1v) is 15.8. The average Bonchev–Trinajstić information content (AvgIpc) is 3.09. The van der Waals surface area contributed by atoms with E-state index in [1.165, 1.54) is 24.3 Å². The van der Waals surface area contributed by atoms with Gasteiger partial charge < -0.3 is 4.74 Å². The highest BCUT2D eigenvalue weighted by atomic mass is 19.4. The molecule has 2 nitrogen and oxygen atoms in total. The second kappa shape index (κ2) is 15.3. The molecule has 4 aromatic rings. The zero-order valence-electron chi connectivity index (χ0n) is 27.5. The number of hydrogen-bond donors (Lipinski definition) is 0. The Kier molecular flexibility index (Phi) is 11.8. The Balaban J connectivity index is 1.85. The molecule has 0 saturated heterocycles. The normalized spacial score (nSPS) is 13.1. The molecule has 0 fully saturated rings. The van der Waals surface area contributed by atoms with Crippen molar-refractivity contribution in [2.24, 2.45) is 0 Å². The number of allylic oxidation sites excluding steroid dienone is 2. The van der Waals surface area contributed by atoms with Crippen LogP contribution in [0.1, 0.15) is 81.6 Å². The minimum absolute atomic E-state index is 0.0827. The molecule has 0 amide bonds. The lowest BCUT2D eigenvalue weighted by Crippen LogP contribution is -2.20. The van der Waals surface area contributed by atoms with Gasteiger partial charge in [0, 0.05) is 16.7 Å². The van der Waals surface area contributed by atoms with E-state index < -0.39 is 75.5 Å². The zero-order chi connectivity index (χ0) is 38.6. The quantitative estimate of drug-likeness (QED) is 0.0590. The van der Waals surface area contributed by atoms with Crippen LogP contribution in [0.3, 0.4) is 0 Å². The number of aryl methyl sites for hydroxylation is 1. The SMILES string of the molecule is C=CC(F)(F)c1cc(C(OC(=O)c2ccc(-c3ccc(CCCCC)cc3F)cc2)c2cc(C(F)(F)F)cc(C(F)(F)F)c2)cc(C(F)(F)C=C)c1. The molecule has 0 spiro atoms. The number of carbonyl (C=O) groups excluding carboxylic acids is 1. The van der Waals surface area contributed by atoms with E-state index in [0.29, 0.717) is 30.2 Å². The lowest BCUT2D eigenvalue weighted by Gasteiger charge is -2.25. The summed E-state index contributed by atoms with van der Waals surface area (Å²) in [5.41, 5.74) is -6.97. The smallest absolute Gasteiger partial charge is 0.416 e. The molecule has 0 aliphatic rings. The van der Waals surface area contributed by atoms with Crippen molar-refractivity contribution in [1.29, 1.82) is 0 Å². The van der Waals surface area contributed by atoms with Crippen LogP contribution in [0.2, 0.25) is 0 Å². The van der Waals surface area contributed by atoms with Gasteiger partial charge in [0.25, 0.3) is 11.8 Å². The van der Waals surface area contributed by atoms with E-state index in [1.54, 1.807) is 6.07 Å². The summed E-state index contributed by atoms with van der Waals surface area (Å²) in [7, 11) is 0. The van der Waals surface area contributed by atoms with Crippen LogP contribution in [0.15, 0.2) is 104 Å². The summed E-state index contributed by atoms with van der Waals surface area (Å²) < 4.78 is 163. The number of hydrogen-bond acceptors (Lipinski definition) is 2. The van der Waals surface area contributed by atoms with Crippen LogP contribution in [-0.2, 0) is 35.4 Å². The van der Waals surface area contributed by atoms with Crippen molar-refractivity contribution in [1.82, 2.24) is 0 Å². The maximum Gasteiger partial charge on any atom is 0.416 e. The van der Waals surface area contributed by atoms with Crippen LogP contribution in [0, 0.1) is 5.82 Å². The van der Waals surface area contributed by atoms with Gasteiger partial charge in [0.05, 0.1) is 16.7 Å². The summed E-state index contributed by atoms with van der Waals surface area (Å²) in [6, 6.07) is 11.1. The highest BCUT2D eigenvalue weighted by Crippen LogP contribution is 2.43. The van der Waals surface area contributed by atoms with E-state index in [2.05, 4.69) is 13.2 Å². The molecule has 0 aromatic heterocycles. The number of unbranched alkanes of at least 4 members (excludes halogenated alkanes) is 2. The van der Waals surface area contributed by atoms with Crippen molar-refractivity contribution in [2.75, 3.05) is 0 Å². The Morgan fingerprint density at radius 3 is 1.60 bits per heavy atom. The lowest BCUT2D eigenvalue weighted by molar-refractivity contribution is -0.143. The molecule has 0 radical (unpaired) electrons. The number of ether oxygens (including phenoxy) is 1. The Labute approximate surface area is 292 Å². The fourth-order valence-electron chi connectivity index (χ4n) is 5.37. The number of rotatable bonds is 13. The van der Waals surface area contributed by atoms with Crippen LogP contribution >= 0.6 is 0 Å². The molecule has 1 atom stereocenters. The zero-order valence-corrected chi connectivity index (χ0v) is 27.5. The Morgan fingerprint density at radius 2 is 1.15 bits per heavy atom. The first-order valence-electron chi connectivity index (χ1n) is 15.8. The number of halogens is 11. The monoisotopic (exact) mass is 740 g/mol. The Morgan fingerprint density at radius 1 is 0.673 bits per heavy atom. The summed E-state index contributed by atoms with van der Waals surface area (Å²) in [5.74, 6) is -9.99. The van der Waals surface area contributed by atoms with Gasteiger partial charge in [-0.2, -0.15) is 43.9 Å². The van der Waals surface area contributed by atoms with Crippen molar-refractivity contribution in [3.63, 3.8) is 0 Å². The molecule has 276 valence electrons. The van der Waals surface area contributed by atoms with Crippen LogP contribution in [-0.4, -0.2) is 5.97 Å². The van der Waals surface area contributed by atoms with Crippen LogP contribution in [0.4, 0.5) is 48.3 Å². The van der Waals surface area contributed by atoms with Gasteiger partial charge in [-0.15, -0.1) is 0 Å². The summed E-state index contributed by atoms with van der Waals surface area (Å²) >= 11 is 0. The highest BCUT2D eigenvalue weighted by molar-refractivity contribution is 5.90. The molecule has 0 aliphatic carbocycles. The molecule has 0 aliphatic heterocycles. The molecular weight excluding hydrogens is 709 g/mol. The molecule has 0 bridgehead atoms. The van der Waals surface area contributed by atoms with Gasteiger partial charge in [0.15, 0.2) is 6.10 Å². The molecule has 4 aromatic carbocycles. The van der Waals surface area contributed by atoms with E-state index in [4.69, 9.17) is 4.74 Å². The number of esters is 1. The third kappa shape index (κ3) is 9.29. The second-order valence-electron chi connectivity index (χ2n) is 12.0. The van der Waals surface area contributed by atoms with E-state index in [9.17, 15) is 53.1 Å². The standard InChI is InChI=1S/C39H31F11O2/c1-4-7-8-9-23-10-15-32(33(40)16-23)24-11-13-25(14-12-24)35(51)52-34(27-19-30(38(45,46)47)22-31(20-27)39(48,49)50)26-17-28(36(41,42)5-2)21-29(18-26)37(43,44)6-3/h5-6,10-22,34H,2-4,7-9H2,1H3. The lowest BCUT2D eigenvalue weighted by atomic mass is 9.91. The number of carbonyl (C=O) groups is 1. The first kappa shape index (κ1) is 39.8. The van der Waals surface area contributed by atoms with E-state index >= 15 is 0 Å². The average molecular weight is 741 g/mol. The molecule has 0 heterocycles. The van der Waals surface area contributed by atoms with Crippen LogP contribution in [0.5, 0.6) is 0 Å². The summed E-state index contributed by atoms with van der Waals surface area (Å²) in [5, 5.41) is 0. The molecule has 0 N–H and O–H groups in total. The predicted octanol–water partition coefficient (Wildman–Crippen LogP) is 12.8. The maximum absolute atomic E-state index is 15.0. The van der Waals surface area contributed by atoms with E-state index in [1.807, 2.05) is 6.92 Å². The van der Waals surface area contributed by atoms with Crippen molar-refractivity contribution in [3.8, 4) is 11.1 Å². The van der Waals surface area contributed by atoms with Crippen molar-refractivity contribution >= 4 is 5.97 Å². The summed E-state index contributed by atoms with van der Waals surface area (Å²) in [6.45, 7) is 7.94. The first-order chi connectivity index (χ1) is 24.2. The fourth-order valence-corrected chi connectivity index (χ4v) is 5.37. The van der Waals surface area contributed by atoms with Gasteiger partial charge in [-0.1, -0.05) is 57.2 Å². The van der Waals surface area contributed by atoms with Gasteiger partial charge in [0.2, 0.25) is 0 Å². The molecule has 0 saturated carbocycles. The Bertz CT molecular complexity index is 1850. The topological polar surface area (TPSA) is 26.3 Å². The molecule has 1 unspecified atom stereocenters. The van der Waals surface area contributed by atoms with E-state index in [0.717, 1.165) is 37.0 Å². The van der Waals surface area contributed by atoms with Gasteiger partial charge in [-0.25, -0.2) is 9.18 Å². The highest BCUT2D eigenvalue weighted by Gasteiger charge is 2.40. The number of alkyl halides is 10. The van der Waals surface area contributed by atoms with Crippen LogP contribution in [0.25, 0.3) is 11.1 Å². The van der Waals surface area contributed by atoms with Crippen molar-refractivity contribution in [2.45, 2.75) is 62.9 Å². The number of benzene rings is 4. The molecule has 13 heteroatoms. The van der Waals surface area contributed by atoms with E-state index in [-0.39, 0.29) is 41.5 Å². The van der Waals surface area contributed by atoms with Gasteiger partial charge in [-0.3, -0.25) is 0 Å². The van der Waals surface area contributed by atoms with Gasteiger partial charge in [-0.05, 0) is 102 Å². The Hall–Kier alpha value is -4.94. The molecule has 4 rings (SSSR count).